The Morgan fingerprint density at radius 3 is 1.42 bits per heavy atom. The van der Waals surface area contributed by atoms with Gasteiger partial charge < -0.3 is 28.7 Å². The van der Waals surface area contributed by atoms with Crippen LogP contribution in [0.4, 0.5) is 19.2 Å². The summed E-state index contributed by atoms with van der Waals surface area (Å²) in [7, 11) is 0. The average Bonchev–Trinajstić information content (AvgIpc) is 3.65. The minimum atomic E-state index is -0.810. The quantitative estimate of drug-likeness (QED) is 0.144. The molecule has 0 bridgehead atoms. The van der Waals surface area contributed by atoms with E-state index in [9.17, 15) is 19.2 Å². The lowest BCUT2D eigenvalue weighted by atomic mass is 9.97. The van der Waals surface area contributed by atoms with Crippen molar-refractivity contribution in [2.24, 2.45) is 9.98 Å². The van der Waals surface area contributed by atoms with E-state index < -0.39 is 46.8 Å². The normalized spacial score (nSPS) is 15.5. The van der Waals surface area contributed by atoms with E-state index in [1.807, 2.05) is 55.6 Å². The van der Waals surface area contributed by atoms with Gasteiger partial charge in [0.1, 0.15) is 28.1 Å². The zero-order chi connectivity index (χ0) is 47.2. The van der Waals surface area contributed by atoms with Gasteiger partial charge in [-0.05, 0) is 143 Å². The fourth-order valence-electron chi connectivity index (χ4n) is 6.62. The first-order valence-electron chi connectivity index (χ1n) is 21.4. The van der Waals surface area contributed by atoms with Gasteiger partial charge in [0.2, 0.25) is 11.9 Å². The Kier molecular flexibility index (Phi) is 14.8. The van der Waals surface area contributed by atoms with E-state index in [-0.39, 0.29) is 11.9 Å². The van der Waals surface area contributed by atoms with Crippen molar-refractivity contribution in [2.45, 2.75) is 125 Å². The number of aryl methyl sites for hydroxylation is 1. The number of aliphatic imine (C=N–C) groups is 2. The number of carbonyl (C=O) groups is 4. The molecule has 2 N–H and O–H groups in total. The van der Waals surface area contributed by atoms with Crippen LogP contribution in [0.5, 0.6) is 0 Å². The van der Waals surface area contributed by atoms with E-state index in [2.05, 4.69) is 43.1 Å². The van der Waals surface area contributed by atoms with Crippen molar-refractivity contribution in [2.75, 3.05) is 26.2 Å². The average molecular weight is 882 g/mol. The molecular formula is C47H63N9O8. The maximum Gasteiger partial charge on any atom is 0.437 e. The number of guanidine groups is 2. The Labute approximate surface area is 376 Å². The van der Waals surface area contributed by atoms with Crippen LogP contribution in [0.15, 0.2) is 70.8 Å². The van der Waals surface area contributed by atoms with E-state index in [1.54, 1.807) is 97.6 Å². The summed E-state index contributed by atoms with van der Waals surface area (Å²) in [5, 5.41) is 14.2. The lowest BCUT2D eigenvalue weighted by Crippen LogP contribution is -2.48. The van der Waals surface area contributed by atoms with Crippen LogP contribution in [0.1, 0.15) is 113 Å². The van der Waals surface area contributed by atoms with E-state index in [0.29, 0.717) is 44.7 Å². The van der Waals surface area contributed by atoms with Crippen LogP contribution in [0.3, 0.4) is 0 Å². The lowest BCUT2D eigenvalue weighted by Gasteiger charge is -2.30. The maximum absolute atomic E-state index is 12.7. The standard InChI is InChI=1S/C47H63N9O8/c1-30-28-35(33-22-26-55(27-23-33)39(50-42(59)63-46(8,9)10)51-43(60)64-47(11,12)13)18-19-37(30)56-29-36(52-53-56)34-16-14-31(15-17-34)32-20-24-54(25-21-32)38(48-40(57)61-44(2,3)4)49-41(58)62-45(5,6)7/h14-20,22,28-29H,21,23-27H2,1-13H3,(H,48,49,57,58)(H,50,51,59,60). The van der Waals surface area contributed by atoms with Crippen LogP contribution in [0.2, 0.25) is 0 Å². The molecule has 2 aromatic carbocycles. The largest absolute Gasteiger partial charge is 0.444 e. The second-order valence-electron chi connectivity index (χ2n) is 19.6. The molecule has 2 aliphatic rings. The highest BCUT2D eigenvalue weighted by Crippen LogP contribution is 2.29. The van der Waals surface area contributed by atoms with Crippen molar-refractivity contribution in [3.8, 4) is 16.9 Å². The van der Waals surface area contributed by atoms with Crippen LogP contribution in [-0.2, 0) is 18.9 Å². The fourth-order valence-corrected chi connectivity index (χ4v) is 6.62. The first-order chi connectivity index (χ1) is 29.7. The number of benzene rings is 2. The molecule has 4 amide bonds. The Morgan fingerprint density at radius 1 is 0.594 bits per heavy atom. The van der Waals surface area contributed by atoms with Crippen molar-refractivity contribution >= 4 is 47.4 Å². The molecule has 344 valence electrons. The van der Waals surface area contributed by atoms with Gasteiger partial charge in [-0.1, -0.05) is 47.7 Å². The number of nitrogens with zero attached hydrogens (tertiary/aromatic N) is 7. The van der Waals surface area contributed by atoms with Gasteiger partial charge in [0.15, 0.2) is 0 Å². The van der Waals surface area contributed by atoms with Gasteiger partial charge in [0.25, 0.3) is 0 Å². The molecule has 1 aromatic heterocycles. The van der Waals surface area contributed by atoms with E-state index >= 15 is 0 Å². The minimum Gasteiger partial charge on any atom is -0.444 e. The van der Waals surface area contributed by atoms with Crippen molar-refractivity contribution in [3.63, 3.8) is 0 Å². The molecular weight excluding hydrogens is 819 g/mol. The highest BCUT2D eigenvalue weighted by Gasteiger charge is 2.27. The topological polar surface area (TPSA) is 191 Å². The molecule has 0 aliphatic carbocycles. The molecule has 0 saturated heterocycles. The molecule has 2 aliphatic heterocycles. The lowest BCUT2D eigenvalue weighted by molar-refractivity contribution is 0.0536. The van der Waals surface area contributed by atoms with Gasteiger partial charge in [0.05, 0.1) is 11.9 Å². The zero-order valence-corrected chi connectivity index (χ0v) is 39.4. The summed E-state index contributed by atoms with van der Waals surface area (Å²) in [5.41, 5.74) is 4.86. The van der Waals surface area contributed by atoms with Crippen molar-refractivity contribution < 1.29 is 38.1 Å². The minimum absolute atomic E-state index is 0.0632. The highest BCUT2D eigenvalue weighted by molar-refractivity contribution is 6.00. The summed E-state index contributed by atoms with van der Waals surface area (Å²) < 4.78 is 23.4. The number of nitrogens with one attached hydrogen (secondary N) is 2. The molecule has 0 unspecified atom stereocenters. The predicted molar refractivity (Wildman–Crippen MR) is 246 cm³/mol. The van der Waals surface area contributed by atoms with Crippen molar-refractivity contribution in [3.05, 3.63) is 77.5 Å². The number of alkyl carbamates (subject to hydrolysis) is 2. The summed E-state index contributed by atoms with van der Waals surface area (Å²) >= 11 is 0. The number of amides is 4. The monoisotopic (exact) mass is 881 g/mol. The van der Waals surface area contributed by atoms with Crippen LogP contribution in [-0.4, -0.2) is 110 Å². The molecule has 17 nitrogen and oxygen atoms in total. The summed E-state index contributed by atoms with van der Waals surface area (Å²) in [6.45, 7) is 24.8. The second kappa shape index (κ2) is 19.5. The third kappa shape index (κ3) is 14.8. The second-order valence-corrected chi connectivity index (χ2v) is 19.6. The number of rotatable bonds is 4. The Morgan fingerprint density at radius 2 is 1.02 bits per heavy atom. The molecule has 5 rings (SSSR count). The molecule has 3 aromatic rings. The van der Waals surface area contributed by atoms with E-state index in [1.165, 1.54) is 0 Å². The fraction of sp³-hybridized carbons (Fsp3) is 0.489. The summed E-state index contributed by atoms with van der Waals surface area (Å²) in [4.78, 5) is 62.4. The Bertz CT molecular complexity index is 2330. The molecule has 0 atom stereocenters. The summed E-state index contributed by atoms with van der Waals surface area (Å²) in [5.74, 6) is 0.126. The van der Waals surface area contributed by atoms with Crippen LogP contribution < -0.4 is 10.6 Å². The van der Waals surface area contributed by atoms with Crippen molar-refractivity contribution in [1.82, 2.24) is 35.4 Å². The van der Waals surface area contributed by atoms with E-state index in [0.717, 1.165) is 39.1 Å². The van der Waals surface area contributed by atoms with Crippen LogP contribution in [0.25, 0.3) is 28.1 Å². The zero-order valence-electron chi connectivity index (χ0n) is 39.4. The van der Waals surface area contributed by atoms with Crippen molar-refractivity contribution in [1.29, 1.82) is 0 Å². The van der Waals surface area contributed by atoms with Gasteiger partial charge in [0, 0.05) is 31.7 Å². The SMILES string of the molecule is Cc1cc(C2=CCN(C(=NC(=O)OC(C)(C)C)NC(=O)OC(C)(C)C)CC2)ccc1-n1cc(-c2ccc(C3=CCN(C(=NC(=O)OC(C)(C)C)NC(=O)OC(C)(C)C)CC3)cc2)nn1. The third-order valence-electron chi connectivity index (χ3n) is 9.28. The molecule has 0 spiro atoms. The molecule has 0 saturated carbocycles. The third-order valence-corrected chi connectivity index (χ3v) is 9.28. The van der Waals surface area contributed by atoms with Gasteiger partial charge in [-0.15, -0.1) is 15.1 Å². The number of ether oxygens (including phenoxy) is 4. The number of carbonyl (C=O) groups excluding carboxylic acids is 4. The van der Waals surface area contributed by atoms with Gasteiger partial charge in [-0.3, -0.25) is 10.6 Å². The molecule has 64 heavy (non-hydrogen) atoms. The summed E-state index contributed by atoms with van der Waals surface area (Å²) in [6, 6.07) is 14.3. The van der Waals surface area contributed by atoms with Gasteiger partial charge >= 0.3 is 24.4 Å². The first kappa shape index (κ1) is 48.5. The van der Waals surface area contributed by atoms with Crippen LogP contribution in [0, 0.1) is 6.92 Å². The van der Waals surface area contributed by atoms with Gasteiger partial charge in [-0.25, -0.2) is 23.9 Å². The summed E-state index contributed by atoms with van der Waals surface area (Å²) in [6.07, 6.45) is 4.22. The Hall–Kier alpha value is -6.52. The molecule has 0 fully saturated rings. The molecule has 3 heterocycles. The number of hydrogen-bond acceptors (Lipinski definition) is 10. The highest BCUT2D eigenvalue weighted by atomic mass is 16.6. The van der Waals surface area contributed by atoms with Gasteiger partial charge in [-0.2, -0.15) is 0 Å². The van der Waals surface area contributed by atoms with Crippen LogP contribution >= 0.6 is 0 Å². The molecule has 17 heteroatoms. The maximum atomic E-state index is 12.7. The number of hydrogen-bond donors (Lipinski definition) is 2. The smallest absolute Gasteiger partial charge is 0.437 e. The Balaban J connectivity index is 1.24. The first-order valence-corrected chi connectivity index (χ1v) is 21.4. The van der Waals surface area contributed by atoms with E-state index in [4.69, 9.17) is 18.9 Å². The predicted octanol–water partition coefficient (Wildman–Crippen LogP) is 9.05. The number of aromatic nitrogens is 3. The molecule has 0 radical (unpaired) electrons.